The van der Waals surface area contributed by atoms with Crippen molar-refractivity contribution in [3.05, 3.63) is 64.4 Å². The summed E-state index contributed by atoms with van der Waals surface area (Å²) in [4.78, 5) is 12.2. The second-order valence-electron chi connectivity index (χ2n) is 4.08. The van der Waals surface area contributed by atoms with Gasteiger partial charge in [0, 0.05) is 0 Å². The Morgan fingerprint density at radius 1 is 1.29 bits per heavy atom. The largest absolute Gasteiger partial charge is 0.384 e. The standard InChI is InChI=1S/C16H11ClFNO2/c17-14-6-2-1-5-13(14)16(21)19-15-8-7-12(18)10-11(15)4-3-9-20/h1-2,5-8,10,20H,9H2,(H,19,21). The van der Waals surface area contributed by atoms with Crippen LogP contribution in [0.3, 0.4) is 0 Å². The molecule has 0 saturated heterocycles. The van der Waals surface area contributed by atoms with Gasteiger partial charge in [0.25, 0.3) is 5.91 Å². The molecule has 106 valence electrons. The summed E-state index contributed by atoms with van der Waals surface area (Å²) in [6, 6.07) is 10.4. The zero-order chi connectivity index (χ0) is 15.2. The fourth-order valence-electron chi connectivity index (χ4n) is 1.70. The van der Waals surface area contributed by atoms with Crippen LogP contribution in [0.15, 0.2) is 42.5 Å². The average molecular weight is 304 g/mol. The van der Waals surface area contributed by atoms with Crippen LogP contribution in [0.1, 0.15) is 15.9 Å². The Bertz CT molecular complexity index is 735. The number of nitrogens with one attached hydrogen (secondary N) is 1. The lowest BCUT2D eigenvalue weighted by atomic mass is 10.1. The molecule has 5 heteroatoms. The molecule has 0 aliphatic carbocycles. The highest BCUT2D eigenvalue weighted by Crippen LogP contribution is 2.20. The topological polar surface area (TPSA) is 49.3 Å². The Kier molecular flexibility index (Phi) is 4.94. The van der Waals surface area contributed by atoms with Crippen LogP contribution < -0.4 is 5.32 Å². The number of carbonyl (C=O) groups is 1. The number of hydrogen-bond donors (Lipinski definition) is 2. The maximum Gasteiger partial charge on any atom is 0.257 e. The maximum atomic E-state index is 13.2. The molecule has 2 aromatic carbocycles. The predicted octanol–water partition coefficient (Wildman–Crippen LogP) is 3.08. The van der Waals surface area contributed by atoms with E-state index in [0.29, 0.717) is 16.3 Å². The normalized spacial score (nSPS) is 9.67. The van der Waals surface area contributed by atoms with Gasteiger partial charge in [-0.05, 0) is 30.3 Å². The Balaban J connectivity index is 2.31. The third-order valence-electron chi connectivity index (χ3n) is 2.65. The molecule has 0 aliphatic rings. The number of rotatable bonds is 2. The Labute approximate surface area is 126 Å². The molecule has 0 atom stereocenters. The fraction of sp³-hybridized carbons (Fsp3) is 0.0625. The van der Waals surface area contributed by atoms with Crippen molar-refractivity contribution >= 4 is 23.2 Å². The van der Waals surface area contributed by atoms with Crippen LogP contribution >= 0.6 is 11.6 Å². The highest BCUT2D eigenvalue weighted by atomic mass is 35.5. The van der Waals surface area contributed by atoms with Gasteiger partial charge in [0.05, 0.1) is 21.8 Å². The van der Waals surface area contributed by atoms with Gasteiger partial charge in [-0.25, -0.2) is 4.39 Å². The third kappa shape index (κ3) is 3.82. The quantitative estimate of drug-likeness (QED) is 0.838. The Morgan fingerprint density at radius 2 is 2.05 bits per heavy atom. The van der Waals surface area contributed by atoms with Gasteiger partial charge < -0.3 is 10.4 Å². The van der Waals surface area contributed by atoms with Gasteiger partial charge in [-0.2, -0.15) is 0 Å². The molecule has 3 nitrogen and oxygen atoms in total. The molecule has 0 spiro atoms. The molecular weight excluding hydrogens is 293 g/mol. The summed E-state index contributed by atoms with van der Waals surface area (Å²) in [7, 11) is 0. The van der Waals surface area contributed by atoms with Crippen molar-refractivity contribution < 1.29 is 14.3 Å². The first-order chi connectivity index (χ1) is 10.1. The van der Waals surface area contributed by atoms with E-state index in [1.54, 1.807) is 24.3 Å². The molecule has 0 unspecified atom stereocenters. The van der Waals surface area contributed by atoms with E-state index in [4.69, 9.17) is 16.7 Å². The van der Waals surface area contributed by atoms with E-state index < -0.39 is 11.7 Å². The molecule has 0 radical (unpaired) electrons. The molecule has 1 amide bonds. The summed E-state index contributed by atoms with van der Waals surface area (Å²) in [6.45, 7) is -0.353. The average Bonchev–Trinajstić information content (AvgIpc) is 2.47. The molecule has 0 heterocycles. The van der Waals surface area contributed by atoms with Crippen molar-refractivity contribution in [3.63, 3.8) is 0 Å². The van der Waals surface area contributed by atoms with Crippen LogP contribution in [0.2, 0.25) is 5.02 Å². The number of benzene rings is 2. The molecule has 2 aromatic rings. The first-order valence-corrected chi connectivity index (χ1v) is 6.45. The minimum absolute atomic E-state index is 0.282. The number of carbonyl (C=O) groups excluding carboxylic acids is 1. The lowest BCUT2D eigenvalue weighted by Gasteiger charge is -2.08. The van der Waals surface area contributed by atoms with Gasteiger partial charge >= 0.3 is 0 Å². The molecule has 0 bridgehead atoms. The van der Waals surface area contributed by atoms with Gasteiger partial charge in [-0.3, -0.25) is 4.79 Å². The van der Waals surface area contributed by atoms with Crippen molar-refractivity contribution in [3.8, 4) is 11.8 Å². The van der Waals surface area contributed by atoms with Crippen molar-refractivity contribution in [2.45, 2.75) is 0 Å². The van der Waals surface area contributed by atoms with Gasteiger partial charge in [0.15, 0.2) is 0 Å². The van der Waals surface area contributed by atoms with Gasteiger partial charge in [0.2, 0.25) is 0 Å². The third-order valence-corrected chi connectivity index (χ3v) is 2.98. The van der Waals surface area contributed by atoms with Gasteiger partial charge in [-0.1, -0.05) is 35.6 Å². The minimum Gasteiger partial charge on any atom is -0.384 e. The van der Waals surface area contributed by atoms with E-state index in [-0.39, 0.29) is 12.2 Å². The molecule has 2 N–H and O–H groups in total. The molecule has 21 heavy (non-hydrogen) atoms. The molecule has 0 fully saturated rings. The van der Waals surface area contributed by atoms with Crippen molar-refractivity contribution in [2.24, 2.45) is 0 Å². The molecule has 0 aromatic heterocycles. The first-order valence-electron chi connectivity index (χ1n) is 6.07. The van der Waals surface area contributed by atoms with Gasteiger partial charge in [-0.15, -0.1) is 0 Å². The molecule has 2 rings (SSSR count). The number of anilines is 1. The number of aliphatic hydroxyl groups excluding tert-OH is 1. The lowest BCUT2D eigenvalue weighted by Crippen LogP contribution is -2.13. The predicted molar refractivity (Wildman–Crippen MR) is 79.8 cm³/mol. The van der Waals surface area contributed by atoms with Crippen molar-refractivity contribution in [1.82, 2.24) is 0 Å². The SMILES string of the molecule is O=C(Nc1ccc(F)cc1C#CCO)c1ccccc1Cl. The lowest BCUT2D eigenvalue weighted by molar-refractivity contribution is 0.102. The summed E-state index contributed by atoms with van der Waals surface area (Å²) < 4.78 is 13.2. The second kappa shape index (κ2) is 6.89. The maximum absolute atomic E-state index is 13.2. The van der Waals surface area contributed by atoms with E-state index in [0.717, 1.165) is 0 Å². The first kappa shape index (κ1) is 15.0. The summed E-state index contributed by atoms with van der Waals surface area (Å²) in [5.74, 6) is 4.11. The second-order valence-corrected chi connectivity index (χ2v) is 4.49. The van der Waals surface area contributed by atoms with E-state index in [1.165, 1.54) is 18.2 Å². The highest BCUT2D eigenvalue weighted by Gasteiger charge is 2.11. The Hall–Kier alpha value is -2.35. The van der Waals surface area contributed by atoms with Crippen LogP contribution in [0.5, 0.6) is 0 Å². The van der Waals surface area contributed by atoms with E-state index >= 15 is 0 Å². The zero-order valence-corrected chi connectivity index (χ0v) is 11.6. The summed E-state index contributed by atoms with van der Waals surface area (Å²) in [6.07, 6.45) is 0. The van der Waals surface area contributed by atoms with Crippen LogP contribution in [-0.4, -0.2) is 17.6 Å². The molecule has 0 saturated carbocycles. The van der Waals surface area contributed by atoms with E-state index in [2.05, 4.69) is 17.2 Å². The highest BCUT2D eigenvalue weighted by molar-refractivity contribution is 6.34. The fourth-order valence-corrected chi connectivity index (χ4v) is 1.92. The monoisotopic (exact) mass is 303 g/mol. The minimum atomic E-state index is -0.479. The molecular formula is C16H11ClFNO2. The zero-order valence-electron chi connectivity index (χ0n) is 10.9. The number of aliphatic hydroxyl groups is 1. The van der Waals surface area contributed by atoms with Crippen LogP contribution in [0.25, 0.3) is 0 Å². The number of amides is 1. The van der Waals surface area contributed by atoms with Crippen LogP contribution in [0.4, 0.5) is 10.1 Å². The summed E-state index contributed by atoms with van der Waals surface area (Å²) in [5.41, 5.74) is 0.941. The Morgan fingerprint density at radius 3 is 2.76 bits per heavy atom. The number of halogens is 2. The van der Waals surface area contributed by atoms with Crippen LogP contribution in [-0.2, 0) is 0 Å². The van der Waals surface area contributed by atoms with Crippen molar-refractivity contribution in [1.29, 1.82) is 0 Å². The van der Waals surface area contributed by atoms with E-state index in [1.807, 2.05) is 0 Å². The summed E-state index contributed by atoms with van der Waals surface area (Å²) in [5, 5.41) is 11.7. The van der Waals surface area contributed by atoms with Crippen molar-refractivity contribution in [2.75, 3.05) is 11.9 Å². The number of hydrogen-bond acceptors (Lipinski definition) is 2. The smallest absolute Gasteiger partial charge is 0.257 e. The molecule has 0 aliphatic heterocycles. The van der Waals surface area contributed by atoms with E-state index in [9.17, 15) is 9.18 Å². The summed E-state index contributed by atoms with van der Waals surface area (Å²) >= 11 is 5.95. The van der Waals surface area contributed by atoms with Gasteiger partial charge in [0.1, 0.15) is 12.4 Å². The van der Waals surface area contributed by atoms with Crippen LogP contribution in [0, 0.1) is 17.7 Å².